The Morgan fingerprint density at radius 3 is 2.44 bits per heavy atom. The fraction of sp³-hybridized carbons (Fsp3) is 0.0476. The highest BCUT2D eigenvalue weighted by Crippen LogP contribution is 2.34. The zero-order chi connectivity index (χ0) is 18.8. The van der Waals surface area contributed by atoms with Crippen LogP contribution in [0.4, 0.5) is 5.13 Å². The molecule has 0 aliphatic rings. The molecule has 0 fully saturated rings. The summed E-state index contributed by atoms with van der Waals surface area (Å²) in [5, 5.41) is 1.22. The fourth-order valence-electron chi connectivity index (χ4n) is 2.76. The average Bonchev–Trinajstić information content (AvgIpc) is 3.12. The van der Waals surface area contributed by atoms with Gasteiger partial charge in [0.2, 0.25) is 0 Å². The topological polar surface area (TPSA) is 33.2 Å². The molecule has 1 heterocycles. The number of hydrogen-bond donors (Lipinski definition) is 0. The zero-order valence-corrected chi connectivity index (χ0v) is 17.3. The van der Waals surface area contributed by atoms with Crippen molar-refractivity contribution in [2.24, 2.45) is 0 Å². The van der Waals surface area contributed by atoms with E-state index in [1.54, 1.807) is 4.90 Å². The first-order valence-corrected chi connectivity index (χ1v) is 10.3. The molecular weight excluding hydrogens is 444 g/mol. The van der Waals surface area contributed by atoms with Crippen LogP contribution in [-0.2, 0) is 6.54 Å². The van der Waals surface area contributed by atoms with Crippen LogP contribution in [0.15, 0.2) is 77.3 Å². The van der Waals surface area contributed by atoms with Gasteiger partial charge < -0.3 is 0 Å². The van der Waals surface area contributed by atoms with Crippen molar-refractivity contribution in [3.05, 3.63) is 93.4 Å². The predicted octanol–water partition coefficient (Wildman–Crippen LogP) is 6.56. The summed E-state index contributed by atoms with van der Waals surface area (Å²) in [5.41, 5.74) is 2.37. The maximum atomic E-state index is 13.3. The number of hydrogen-bond acceptors (Lipinski definition) is 3. The van der Waals surface area contributed by atoms with Crippen LogP contribution in [0.5, 0.6) is 0 Å². The third-order valence-corrected chi connectivity index (χ3v) is 5.99. The van der Waals surface area contributed by atoms with Gasteiger partial charge in [-0.3, -0.25) is 9.69 Å². The van der Waals surface area contributed by atoms with Gasteiger partial charge in [-0.05, 0) is 42.0 Å². The smallest absolute Gasteiger partial charge is 0.260 e. The summed E-state index contributed by atoms with van der Waals surface area (Å²) in [7, 11) is 0. The molecule has 27 heavy (non-hydrogen) atoms. The summed E-state index contributed by atoms with van der Waals surface area (Å²) in [5.74, 6) is -0.0958. The second-order valence-corrected chi connectivity index (χ2v) is 8.30. The van der Waals surface area contributed by atoms with Crippen LogP contribution in [0.1, 0.15) is 15.9 Å². The van der Waals surface area contributed by atoms with Gasteiger partial charge in [0, 0.05) is 10.0 Å². The molecule has 4 aromatic rings. The number of para-hydroxylation sites is 1. The van der Waals surface area contributed by atoms with Gasteiger partial charge in [0.25, 0.3) is 5.91 Å². The molecule has 0 spiro atoms. The van der Waals surface area contributed by atoms with Crippen LogP contribution in [0.3, 0.4) is 0 Å². The molecule has 0 aliphatic carbocycles. The highest BCUT2D eigenvalue weighted by Gasteiger charge is 2.22. The minimum atomic E-state index is -0.0958. The van der Waals surface area contributed by atoms with E-state index in [2.05, 4.69) is 20.9 Å². The van der Waals surface area contributed by atoms with Gasteiger partial charge in [-0.2, -0.15) is 0 Å². The van der Waals surface area contributed by atoms with Crippen LogP contribution < -0.4 is 4.90 Å². The van der Waals surface area contributed by atoms with Gasteiger partial charge in [0.05, 0.1) is 16.3 Å². The molecule has 1 aromatic heterocycles. The lowest BCUT2D eigenvalue weighted by Gasteiger charge is -2.20. The van der Waals surface area contributed by atoms with E-state index < -0.39 is 0 Å². The molecular formula is C21H14BrClN2OS. The average molecular weight is 458 g/mol. The van der Waals surface area contributed by atoms with Crippen molar-refractivity contribution in [3.63, 3.8) is 0 Å². The largest absolute Gasteiger partial charge is 0.279 e. The maximum Gasteiger partial charge on any atom is 0.260 e. The Labute approximate surface area is 174 Å². The minimum absolute atomic E-state index is 0.0958. The molecule has 0 radical (unpaired) electrons. The molecule has 3 nitrogen and oxygen atoms in total. The van der Waals surface area contributed by atoms with E-state index in [-0.39, 0.29) is 5.91 Å². The lowest BCUT2D eigenvalue weighted by molar-refractivity contribution is 0.0985. The number of halogens is 2. The minimum Gasteiger partial charge on any atom is -0.279 e. The van der Waals surface area contributed by atoms with E-state index in [0.717, 1.165) is 20.3 Å². The molecule has 4 rings (SSSR count). The Balaban J connectivity index is 1.78. The Bertz CT molecular complexity index is 1100. The number of thiazole rings is 1. The van der Waals surface area contributed by atoms with Crippen molar-refractivity contribution >= 4 is 60.1 Å². The number of rotatable bonds is 4. The number of nitrogens with zero attached hydrogens (tertiary/aromatic N) is 2. The monoisotopic (exact) mass is 456 g/mol. The van der Waals surface area contributed by atoms with E-state index in [1.807, 2.05) is 72.8 Å². The normalized spacial score (nSPS) is 10.9. The Morgan fingerprint density at radius 1 is 1.00 bits per heavy atom. The van der Waals surface area contributed by atoms with Crippen LogP contribution in [0.25, 0.3) is 10.2 Å². The second kappa shape index (κ2) is 7.80. The van der Waals surface area contributed by atoms with Crippen LogP contribution >= 0.6 is 38.9 Å². The van der Waals surface area contributed by atoms with E-state index in [4.69, 9.17) is 11.6 Å². The van der Waals surface area contributed by atoms with E-state index in [1.165, 1.54) is 11.3 Å². The lowest BCUT2D eigenvalue weighted by Crippen LogP contribution is -2.30. The SMILES string of the molecule is O=C(c1ccc(Br)cc1)N(Cc1ccccc1)c1nc2c(Cl)cccc2s1. The summed E-state index contributed by atoms with van der Waals surface area (Å²) < 4.78 is 1.89. The summed E-state index contributed by atoms with van der Waals surface area (Å²) in [6.45, 7) is 0.438. The highest BCUT2D eigenvalue weighted by atomic mass is 79.9. The molecule has 0 bridgehead atoms. The third-order valence-electron chi connectivity index (χ3n) is 4.11. The van der Waals surface area contributed by atoms with E-state index >= 15 is 0 Å². The van der Waals surface area contributed by atoms with Gasteiger partial charge in [-0.1, -0.05) is 75.3 Å². The zero-order valence-electron chi connectivity index (χ0n) is 14.1. The molecule has 0 saturated heterocycles. The van der Waals surface area contributed by atoms with Gasteiger partial charge in [-0.25, -0.2) is 4.98 Å². The number of anilines is 1. The molecule has 6 heteroatoms. The Morgan fingerprint density at radius 2 is 1.74 bits per heavy atom. The lowest BCUT2D eigenvalue weighted by atomic mass is 10.1. The quantitative estimate of drug-likeness (QED) is 0.348. The number of carbonyl (C=O) groups excluding carboxylic acids is 1. The molecule has 0 unspecified atom stereocenters. The van der Waals surface area contributed by atoms with Gasteiger partial charge in [0.1, 0.15) is 5.52 Å². The standard InChI is InChI=1S/C21H14BrClN2OS/c22-16-11-9-15(10-12-16)20(26)25(13-14-5-2-1-3-6-14)21-24-19-17(23)7-4-8-18(19)27-21/h1-12H,13H2. The Kier molecular flexibility index (Phi) is 5.25. The molecule has 0 atom stereocenters. The van der Waals surface area contributed by atoms with Gasteiger partial charge in [-0.15, -0.1) is 0 Å². The number of fused-ring (bicyclic) bond motifs is 1. The van der Waals surface area contributed by atoms with Crippen molar-refractivity contribution in [1.82, 2.24) is 4.98 Å². The van der Waals surface area contributed by atoms with Crippen LogP contribution in [0.2, 0.25) is 5.02 Å². The van der Waals surface area contributed by atoms with E-state index in [9.17, 15) is 4.79 Å². The molecule has 0 N–H and O–H groups in total. The first-order chi connectivity index (χ1) is 13.1. The number of carbonyl (C=O) groups is 1. The summed E-state index contributed by atoms with van der Waals surface area (Å²) in [6, 6.07) is 22.9. The maximum absolute atomic E-state index is 13.3. The summed E-state index contributed by atoms with van der Waals surface area (Å²) in [4.78, 5) is 19.6. The molecule has 0 saturated carbocycles. The van der Waals surface area contributed by atoms with Crippen molar-refractivity contribution in [2.75, 3.05) is 4.90 Å². The Hall–Kier alpha value is -2.21. The van der Waals surface area contributed by atoms with Gasteiger partial charge in [0.15, 0.2) is 5.13 Å². The number of benzene rings is 3. The van der Waals surface area contributed by atoms with Crippen molar-refractivity contribution < 1.29 is 4.79 Å². The summed E-state index contributed by atoms with van der Waals surface area (Å²) in [6.07, 6.45) is 0. The molecule has 1 amide bonds. The first kappa shape index (κ1) is 18.2. The third kappa shape index (κ3) is 3.90. The number of aromatic nitrogens is 1. The van der Waals surface area contributed by atoms with Crippen LogP contribution in [0, 0.1) is 0 Å². The first-order valence-electron chi connectivity index (χ1n) is 8.28. The highest BCUT2D eigenvalue weighted by molar-refractivity contribution is 9.10. The van der Waals surface area contributed by atoms with Gasteiger partial charge >= 0.3 is 0 Å². The predicted molar refractivity (Wildman–Crippen MR) is 116 cm³/mol. The van der Waals surface area contributed by atoms with E-state index in [0.29, 0.717) is 22.3 Å². The van der Waals surface area contributed by atoms with Crippen LogP contribution in [-0.4, -0.2) is 10.9 Å². The molecule has 0 aliphatic heterocycles. The fourth-order valence-corrected chi connectivity index (χ4v) is 4.29. The second-order valence-electron chi connectivity index (χ2n) is 5.97. The summed E-state index contributed by atoms with van der Waals surface area (Å²) >= 11 is 11.2. The molecule has 3 aromatic carbocycles. The number of amides is 1. The van der Waals surface area contributed by atoms with Crippen molar-refractivity contribution in [2.45, 2.75) is 6.54 Å². The molecule has 134 valence electrons. The van der Waals surface area contributed by atoms with Crippen molar-refractivity contribution in [3.8, 4) is 0 Å². The van der Waals surface area contributed by atoms with Crippen molar-refractivity contribution in [1.29, 1.82) is 0 Å².